The molecule has 5 nitrogen and oxygen atoms in total. The summed E-state index contributed by atoms with van der Waals surface area (Å²) in [5.74, 6) is 1.19. The molecule has 2 fully saturated rings. The number of carbonyl (C=O) groups is 2. The van der Waals surface area contributed by atoms with Crippen LogP contribution in [-0.4, -0.2) is 11.9 Å². The molecule has 0 spiro atoms. The number of rotatable bonds is 8. The molecule has 276 valence electrons. The Morgan fingerprint density at radius 3 is 1.40 bits per heavy atom. The standard InChI is InChI=1S/C48H54O5/c1-45-25-11-27-47(3,41(45)23-19-35-17-21-37(29-39(35)45)51-31-33-13-7-5-8-14-33)43(49)53-44(50)48(4)28-12-26-46(2)40-30-38(22-18-36(40)20-24-42(46)48)52-32-34-15-9-6-10-16-34/h5-10,13-18,21-22,29-30,41-42H,11-12,19-20,23-28,31-32H2,1-4H3. The molecule has 53 heavy (non-hydrogen) atoms. The number of ether oxygens (including phenoxy) is 3. The van der Waals surface area contributed by atoms with Crippen LogP contribution in [0, 0.1) is 22.7 Å². The molecule has 0 saturated heterocycles. The number of benzene rings is 4. The summed E-state index contributed by atoms with van der Waals surface area (Å²) in [4.78, 5) is 29.1. The van der Waals surface area contributed by atoms with Crippen LogP contribution >= 0.6 is 0 Å². The molecule has 8 rings (SSSR count). The minimum atomic E-state index is -0.750. The third-order valence-corrected chi connectivity index (χ3v) is 14.3. The smallest absolute Gasteiger partial charge is 0.319 e. The van der Waals surface area contributed by atoms with Gasteiger partial charge in [-0.15, -0.1) is 0 Å². The van der Waals surface area contributed by atoms with Crippen LogP contribution in [0.25, 0.3) is 0 Å². The van der Waals surface area contributed by atoms with Crippen molar-refractivity contribution in [1.29, 1.82) is 0 Å². The number of fused-ring (bicyclic) bond motifs is 6. The third-order valence-electron chi connectivity index (χ3n) is 14.3. The molecule has 6 atom stereocenters. The third kappa shape index (κ3) is 6.28. The Bertz CT molecular complexity index is 1840. The zero-order valence-corrected chi connectivity index (χ0v) is 31.9. The molecule has 0 aromatic heterocycles. The Morgan fingerprint density at radius 1 is 0.566 bits per heavy atom. The van der Waals surface area contributed by atoms with Crippen molar-refractivity contribution in [1.82, 2.24) is 0 Å². The second kappa shape index (κ2) is 13.8. The molecule has 0 N–H and O–H groups in total. The fraction of sp³-hybridized carbons (Fsp3) is 0.458. The van der Waals surface area contributed by atoms with Gasteiger partial charge in [0.2, 0.25) is 0 Å². The average molecular weight is 711 g/mol. The molecule has 0 amide bonds. The van der Waals surface area contributed by atoms with Gasteiger partial charge in [0.05, 0.1) is 10.8 Å². The Labute approximate surface area is 315 Å². The van der Waals surface area contributed by atoms with Crippen molar-refractivity contribution in [2.75, 3.05) is 0 Å². The van der Waals surface area contributed by atoms with Gasteiger partial charge in [-0.2, -0.15) is 0 Å². The molecule has 4 aromatic carbocycles. The van der Waals surface area contributed by atoms with Crippen LogP contribution in [0.2, 0.25) is 0 Å². The minimum absolute atomic E-state index is 0.0706. The molecular formula is C48H54O5. The lowest BCUT2D eigenvalue weighted by Gasteiger charge is -2.55. The highest BCUT2D eigenvalue weighted by molar-refractivity contribution is 5.92. The number of esters is 2. The van der Waals surface area contributed by atoms with E-state index in [0.29, 0.717) is 13.2 Å². The maximum atomic E-state index is 14.5. The lowest BCUT2D eigenvalue weighted by molar-refractivity contribution is -0.184. The molecule has 6 unspecified atom stereocenters. The van der Waals surface area contributed by atoms with E-state index in [1.54, 1.807) is 0 Å². The largest absolute Gasteiger partial charge is 0.489 e. The number of aryl methyl sites for hydroxylation is 2. The minimum Gasteiger partial charge on any atom is -0.489 e. The summed E-state index contributed by atoms with van der Waals surface area (Å²) >= 11 is 0. The van der Waals surface area contributed by atoms with Gasteiger partial charge in [0.1, 0.15) is 24.7 Å². The summed E-state index contributed by atoms with van der Waals surface area (Å²) in [5, 5.41) is 0. The molecule has 0 radical (unpaired) electrons. The molecule has 4 aliphatic rings. The highest BCUT2D eigenvalue weighted by atomic mass is 16.6. The molecule has 0 bridgehead atoms. The van der Waals surface area contributed by atoms with Gasteiger partial charge in [0.15, 0.2) is 0 Å². The van der Waals surface area contributed by atoms with Crippen LogP contribution in [0.4, 0.5) is 0 Å². The van der Waals surface area contributed by atoms with Gasteiger partial charge in [-0.3, -0.25) is 9.59 Å². The SMILES string of the molecule is CC1(C(=O)OC(=O)C2(C)CCCC3(C)c4cc(OCc5ccccc5)ccc4CCC23)CCCC2(C)c3cc(OCc4ccccc4)ccc3CCC12. The molecule has 0 heterocycles. The first-order valence-corrected chi connectivity index (χ1v) is 19.9. The van der Waals surface area contributed by atoms with Gasteiger partial charge in [0, 0.05) is 0 Å². The van der Waals surface area contributed by atoms with Crippen molar-refractivity contribution in [3.8, 4) is 11.5 Å². The Kier molecular flexibility index (Phi) is 9.28. The first-order valence-electron chi connectivity index (χ1n) is 19.9. The second-order valence-corrected chi connectivity index (χ2v) is 17.4. The van der Waals surface area contributed by atoms with Crippen molar-refractivity contribution in [2.45, 2.75) is 116 Å². The predicted octanol–water partition coefficient (Wildman–Crippen LogP) is 10.6. The van der Waals surface area contributed by atoms with Gasteiger partial charge >= 0.3 is 11.9 Å². The van der Waals surface area contributed by atoms with Crippen molar-refractivity contribution in [3.63, 3.8) is 0 Å². The Hall–Kier alpha value is -4.38. The molecular weight excluding hydrogens is 657 g/mol. The quantitative estimate of drug-likeness (QED) is 0.135. The average Bonchev–Trinajstić information content (AvgIpc) is 3.17. The van der Waals surface area contributed by atoms with Gasteiger partial charge < -0.3 is 14.2 Å². The van der Waals surface area contributed by atoms with E-state index in [-0.39, 0.29) is 34.6 Å². The summed E-state index contributed by atoms with van der Waals surface area (Å²) in [6.45, 7) is 9.83. The summed E-state index contributed by atoms with van der Waals surface area (Å²) in [6, 6.07) is 33.5. The first kappa shape index (κ1) is 35.6. The number of hydrogen-bond acceptors (Lipinski definition) is 5. The predicted molar refractivity (Wildman–Crippen MR) is 208 cm³/mol. The van der Waals surface area contributed by atoms with Crippen LogP contribution in [0.5, 0.6) is 11.5 Å². The van der Waals surface area contributed by atoms with E-state index in [9.17, 15) is 9.59 Å². The Balaban J connectivity index is 1.00. The molecule has 5 heteroatoms. The summed E-state index contributed by atoms with van der Waals surface area (Å²) < 4.78 is 18.8. The molecule has 4 aromatic rings. The Morgan fingerprint density at radius 2 is 0.981 bits per heavy atom. The van der Waals surface area contributed by atoms with E-state index in [4.69, 9.17) is 14.2 Å². The van der Waals surface area contributed by atoms with E-state index >= 15 is 0 Å². The van der Waals surface area contributed by atoms with Crippen molar-refractivity contribution < 1.29 is 23.8 Å². The fourth-order valence-corrected chi connectivity index (χ4v) is 11.3. The van der Waals surface area contributed by atoms with Crippen LogP contribution < -0.4 is 9.47 Å². The van der Waals surface area contributed by atoms with Crippen molar-refractivity contribution >= 4 is 11.9 Å². The number of carbonyl (C=O) groups excluding carboxylic acids is 2. The van der Waals surface area contributed by atoms with Gasteiger partial charge in [-0.05, 0) is 146 Å². The normalized spacial score (nSPS) is 30.1. The molecule has 0 aliphatic heterocycles. The van der Waals surface area contributed by atoms with Crippen LogP contribution in [0.15, 0.2) is 97.1 Å². The second-order valence-electron chi connectivity index (χ2n) is 17.4. The lowest BCUT2D eigenvalue weighted by Crippen LogP contribution is -2.56. The highest BCUT2D eigenvalue weighted by Gasteiger charge is 2.59. The van der Waals surface area contributed by atoms with E-state index in [2.05, 4.69) is 88.4 Å². The summed E-state index contributed by atoms with van der Waals surface area (Å²) in [5.41, 5.74) is 5.58. The zero-order chi connectivity index (χ0) is 36.8. The van der Waals surface area contributed by atoms with Crippen molar-refractivity contribution in [2.24, 2.45) is 22.7 Å². The summed E-state index contributed by atoms with van der Waals surface area (Å²) in [7, 11) is 0. The lowest BCUT2D eigenvalue weighted by atomic mass is 9.49. The van der Waals surface area contributed by atoms with Crippen molar-refractivity contribution in [3.05, 3.63) is 130 Å². The van der Waals surface area contributed by atoms with Crippen LogP contribution in [0.1, 0.15) is 112 Å². The first-order chi connectivity index (χ1) is 25.5. The van der Waals surface area contributed by atoms with E-state index < -0.39 is 10.8 Å². The molecule has 4 aliphatic carbocycles. The molecule has 2 saturated carbocycles. The zero-order valence-electron chi connectivity index (χ0n) is 31.9. The maximum absolute atomic E-state index is 14.5. The van der Waals surface area contributed by atoms with E-state index in [1.807, 2.05) is 36.4 Å². The van der Waals surface area contributed by atoms with Gasteiger partial charge in [-0.25, -0.2) is 0 Å². The van der Waals surface area contributed by atoms with Gasteiger partial charge in [-0.1, -0.05) is 99.5 Å². The highest BCUT2D eigenvalue weighted by Crippen LogP contribution is 2.60. The topological polar surface area (TPSA) is 61.8 Å². The van der Waals surface area contributed by atoms with Gasteiger partial charge in [0.25, 0.3) is 0 Å². The van der Waals surface area contributed by atoms with Crippen LogP contribution in [-0.2, 0) is 51.2 Å². The fourth-order valence-electron chi connectivity index (χ4n) is 11.3. The monoisotopic (exact) mass is 710 g/mol. The van der Waals surface area contributed by atoms with Crippen LogP contribution in [0.3, 0.4) is 0 Å². The maximum Gasteiger partial charge on any atom is 0.319 e. The summed E-state index contributed by atoms with van der Waals surface area (Å²) in [6.07, 6.45) is 8.88. The van der Waals surface area contributed by atoms with E-state index in [1.165, 1.54) is 22.3 Å². The van der Waals surface area contributed by atoms with E-state index in [0.717, 1.165) is 86.8 Å². The number of hydrogen-bond donors (Lipinski definition) is 0.